The van der Waals surface area contributed by atoms with Gasteiger partial charge in [-0.1, -0.05) is 12.1 Å². The van der Waals surface area contributed by atoms with Gasteiger partial charge in [0.15, 0.2) is 11.5 Å². The Bertz CT molecular complexity index is 1090. The summed E-state index contributed by atoms with van der Waals surface area (Å²) >= 11 is 5.35. The van der Waals surface area contributed by atoms with E-state index in [4.69, 9.17) is 26.1 Å². The number of hydrogen-bond donors (Lipinski definition) is 0. The lowest BCUT2D eigenvalue weighted by molar-refractivity contribution is 0.174. The fraction of sp³-hybridized carbons (Fsp3) is 0.300. The minimum atomic E-state index is -0.187. The van der Waals surface area contributed by atoms with Crippen LogP contribution in [0.3, 0.4) is 0 Å². The number of aromatic nitrogens is 2. The smallest absolute Gasteiger partial charge is 0.288 e. The van der Waals surface area contributed by atoms with Gasteiger partial charge in [0.2, 0.25) is 12.7 Å². The minimum Gasteiger partial charge on any atom is -0.454 e. The van der Waals surface area contributed by atoms with Gasteiger partial charge in [0, 0.05) is 31.7 Å². The topological polar surface area (TPSA) is 55.9 Å². The first kappa shape index (κ1) is 18.1. The largest absolute Gasteiger partial charge is 0.454 e. The van der Waals surface area contributed by atoms with Crippen LogP contribution in [0.25, 0.3) is 11.5 Å². The predicted molar refractivity (Wildman–Crippen MR) is 107 cm³/mol. The van der Waals surface area contributed by atoms with E-state index < -0.39 is 0 Å². The fourth-order valence-electron chi connectivity index (χ4n) is 3.57. The molecule has 150 valence electrons. The van der Waals surface area contributed by atoms with Crippen molar-refractivity contribution in [2.24, 2.45) is 0 Å². The van der Waals surface area contributed by atoms with Gasteiger partial charge in [0.1, 0.15) is 5.82 Å². The molecule has 2 aliphatic rings. The molecule has 9 heteroatoms. The van der Waals surface area contributed by atoms with Crippen LogP contribution in [0.5, 0.6) is 11.5 Å². The molecule has 0 radical (unpaired) electrons. The Morgan fingerprint density at radius 2 is 1.79 bits per heavy atom. The van der Waals surface area contributed by atoms with Gasteiger partial charge in [-0.15, -0.1) is 5.10 Å². The molecule has 0 amide bonds. The molecular formula is C20H19FN4O3S. The monoisotopic (exact) mass is 414 g/mol. The molecule has 0 atom stereocenters. The molecule has 0 bridgehead atoms. The molecule has 29 heavy (non-hydrogen) atoms. The zero-order valence-electron chi connectivity index (χ0n) is 15.6. The standard InChI is InChI=1S/C20H19FN4O3S/c21-15-3-1-2-4-16(15)24-9-7-23(8-10-24)12-25-20(29)28-19(22-25)14-5-6-17-18(11-14)27-13-26-17/h1-6,11H,7-10,12-13H2. The van der Waals surface area contributed by atoms with Gasteiger partial charge in [-0.3, -0.25) is 4.90 Å². The summed E-state index contributed by atoms with van der Waals surface area (Å²) in [6.07, 6.45) is 0. The molecule has 3 heterocycles. The molecule has 3 aromatic rings. The third-order valence-corrected chi connectivity index (χ3v) is 5.42. The summed E-state index contributed by atoms with van der Waals surface area (Å²) in [6, 6.07) is 12.4. The van der Waals surface area contributed by atoms with Crippen molar-refractivity contribution >= 4 is 17.9 Å². The van der Waals surface area contributed by atoms with Gasteiger partial charge in [-0.25, -0.2) is 9.07 Å². The van der Waals surface area contributed by atoms with Crippen LogP contribution in [0.2, 0.25) is 0 Å². The molecule has 2 aromatic carbocycles. The number of halogens is 1. The van der Waals surface area contributed by atoms with E-state index in [1.165, 1.54) is 6.07 Å². The molecular weight excluding hydrogens is 395 g/mol. The maximum atomic E-state index is 14.0. The molecule has 1 saturated heterocycles. The molecule has 1 fully saturated rings. The van der Waals surface area contributed by atoms with Crippen molar-refractivity contribution < 1.29 is 18.3 Å². The number of fused-ring (bicyclic) bond motifs is 1. The highest BCUT2D eigenvalue weighted by molar-refractivity contribution is 7.71. The van der Waals surface area contributed by atoms with Crippen LogP contribution in [0.1, 0.15) is 0 Å². The van der Waals surface area contributed by atoms with Crippen molar-refractivity contribution in [3.63, 3.8) is 0 Å². The summed E-state index contributed by atoms with van der Waals surface area (Å²) in [6.45, 7) is 3.78. The SMILES string of the molecule is Fc1ccccc1N1CCN(Cn2nc(-c3ccc4c(c3)OCO4)oc2=S)CC1. The first-order chi connectivity index (χ1) is 14.2. The highest BCUT2D eigenvalue weighted by atomic mass is 32.1. The van der Waals surface area contributed by atoms with E-state index in [9.17, 15) is 4.39 Å². The van der Waals surface area contributed by atoms with Gasteiger partial charge in [0.05, 0.1) is 12.4 Å². The van der Waals surface area contributed by atoms with Crippen LogP contribution >= 0.6 is 12.2 Å². The number of piperazine rings is 1. The van der Waals surface area contributed by atoms with Crippen LogP contribution in [0.4, 0.5) is 10.1 Å². The number of para-hydroxylation sites is 1. The van der Waals surface area contributed by atoms with Crippen molar-refractivity contribution in [3.05, 3.63) is 53.1 Å². The number of hydrogen-bond acceptors (Lipinski definition) is 7. The number of nitrogens with zero attached hydrogens (tertiary/aromatic N) is 4. The summed E-state index contributed by atoms with van der Waals surface area (Å²) in [5, 5.41) is 4.53. The summed E-state index contributed by atoms with van der Waals surface area (Å²) in [5.74, 6) is 1.63. The quantitative estimate of drug-likeness (QED) is 0.606. The molecule has 0 spiro atoms. The summed E-state index contributed by atoms with van der Waals surface area (Å²) in [7, 11) is 0. The second kappa shape index (κ2) is 7.49. The first-order valence-corrected chi connectivity index (χ1v) is 9.78. The second-order valence-electron chi connectivity index (χ2n) is 6.94. The van der Waals surface area contributed by atoms with Crippen molar-refractivity contribution in [2.45, 2.75) is 6.67 Å². The second-order valence-corrected chi connectivity index (χ2v) is 7.29. The van der Waals surface area contributed by atoms with E-state index in [-0.39, 0.29) is 12.6 Å². The Labute approximate surface area is 171 Å². The molecule has 0 aliphatic carbocycles. The summed E-state index contributed by atoms with van der Waals surface area (Å²) in [5.41, 5.74) is 1.43. The van der Waals surface area contributed by atoms with Crippen molar-refractivity contribution in [2.75, 3.05) is 37.9 Å². The molecule has 1 aromatic heterocycles. The van der Waals surface area contributed by atoms with Gasteiger partial charge in [-0.05, 0) is 42.5 Å². The van der Waals surface area contributed by atoms with E-state index >= 15 is 0 Å². The minimum absolute atomic E-state index is 0.187. The Balaban J connectivity index is 1.26. The average molecular weight is 414 g/mol. The lowest BCUT2D eigenvalue weighted by Gasteiger charge is -2.35. The van der Waals surface area contributed by atoms with E-state index in [1.807, 2.05) is 30.3 Å². The lowest BCUT2D eigenvalue weighted by atomic mass is 10.2. The van der Waals surface area contributed by atoms with Gasteiger partial charge in [0.25, 0.3) is 4.84 Å². The first-order valence-electron chi connectivity index (χ1n) is 9.37. The van der Waals surface area contributed by atoms with Crippen molar-refractivity contribution in [1.29, 1.82) is 0 Å². The zero-order chi connectivity index (χ0) is 19.8. The van der Waals surface area contributed by atoms with Crippen LogP contribution in [0, 0.1) is 10.7 Å². The Morgan fingerprint density at radius 3 is 2.62 bits per heavy atom. The van der Waals surface area contributed by atoms with Gasteiger partial charge in [-0.2, -0.15) is 0 Å². The Morgan fingerprint density at radius 1 is 1.00 bits per heavy atom. The molecule has 0 saturated carbocycles. The highest BCUT2D eigenvalue weighted by Gasteiger charge is 2.21. The molecule has 0 unspecified atom stereocenters. The van der Waals surface area contributed by atoms with Crippen molar-refractivity contribution in [3.8, 4) is 23.0 Å². The highest BCUT2D eigenvalue weighted by Crippen LogP contribution is 2.35. The van der Waals surface area contributed by atoms with Gasteiger partial charge >= 0.3 is 0 Å². The predicted octanol–water partition coefficient (Wildman–Crippen LogP) is 3.52. The normalized spacial score (nSPS) is 16.4. The van der Waals surface area contributed by atoms with Crippen LogP contribution in [0.15, 0.2) is 46.9 Å². The maximum absolute atomic E-state index is 14.0. The number of rotatable bonds is 4. The number of benzene rings is 2. The molecule has 0 N–H and O–H groups in total. The zero-order valence-corrected chi connectivity index (χ0v) is 16.4. The van der Waals surface area contributed by atoms with E-state index in [0.717, 1.165) is 31.7 Å². The number of ether oxygens (including phenoxy) is 2. The van der Waals surface area contributed by atoms with Crippen LogP contribution in [-0.2, 0) is 6.67 Å². The molecule has 5 rings (SSSR count). The van der Waals surface area contributed by atoms with Crippen LogP contribution < -0.4 is 14.4 Å². The molecule has 7 nitrogen and oxygen atoms in total. The Kier molecular flexibility index (Phi) is 4.69. The third-order valence-electron chi connectivity index (χ3n) is 5.13. The third kappa shape index (κ3) is 3.58. The lowest BCUT2D eigenvalue weighted by Crippen LogP contribution is -2.47. The fourth-order valence-corrected chi connectivity index (χ4v) is 3.75. The summed E-state index contributed by atoms with van der Waals surface area (Å²) < 4.78 is 32.1. The van der Waals surface area contributed by atoms with E-state index in [2.05, 4.69) is 14.9 Å². The average Bonchev–Trinajstić information content (AvgIpc) is 3.35. The van der Waals surface area contributed by atoms with Crippen LogP contribution in [-0.4, -0.2) is 47.7 Å². The summed E-state index contributed by atoms with van der Waals surface area (Å²) in [4.78, 5) is 4.60. The molecule has 2 aliphatic heterocycles. The van der Waals surface area contributed by atoms with Gasteiger partial charge < -0.3 is 18.8 Å². The van der Waals surface area contributed by atoms with Crippen molar-refractivity contribution in [1.82, 2.24) is 14.7 Å². The van der Waals surface area contributed by atoms with E-state index in [1.54, 1.807) is 10.7 Å². The number of anilines is 1. The van der Waals surface area contributed by atoms with E-state index in [0.29, 0.717) is 34.6 Å². The maximum Gasteiger partial charge on any atom is 0.288 e. The Hall–Kier alpha value is -2.91.